The summed E-state index contributed by atoms with van der Waals surface area (Å²) in [5.41, 5.74) is 1.43. The van der Waals surface area contributed by atoms with Crippen LogP contribution in [0.15, 0.2) is 30.3 Å². The summed E-state index contributed by atoms with van der Waals surface area (Å²) in [6.07, 6.45) is 4.09. The molecule has 0 aromatic heterocycles. The van der Waals surface area contributed by atoms with Gasteiger partial charge in [-0.2, -0.15) is 0 Å². The molecule has 0 saturated heterocycles. The van der Waals surface area contributed by atoms with Gasteiger partial charge in [-0.05, 0) is 30.2 Å². The zero-order valence-corrected chi connectivity index (χ0v) is 11.3. The summed E-state index contributed by atoms with van der Waals surface area (Å²) >= 11 is 0. The van der Waals surface area contributed by atoms with Gasteiger partial charge in [-0.25, -0.2) is 0 Å². The number of hydrogen-bond donors (Lipinski definition) is 1. The Morgan fingerprint density at radius 2 is 1.94 bits per heavy atom. The van der Waals surface area contributed by atoms with Gasteiger partial charge in [-0.1, -0.05) is 57.5 Å². The highest BCUT2D eigenvalue weighted by Gasteiger charge is 2.37. The van der Waals surface area contributed by atoms with Gasteiger partial charge in [0.25, 0.3) is 0 Å². The molecule has 1 aromatic carbocycles. The molecule has 0 bridgehead atoms. The van der Waals surface area contributed by atoms with E-state index in [4.69, 9.17) is 0 Å². The van der Waals surface area contributed by atoms with Crippen LogP contribution in [0.2, 0.25) is 0 Å². The maximum atomic E-state index is 3.84. The molecule has 0 radical (unpaired) electrons. The van der Waals surface area contributed by atoms with Crippen LogP contribution in [0.4, 0.5) is 0 Å². The molecule has 94 valence electrons. The fraction of sp³-hybridized carbons (Fsp3) is 0.625. The van der Waals surface area contributed by atoms with E-state index >= 15 is 0 Å². The van der Waals surface area contributed by atoms with Crippen LogP contribution in [0.1, 0.15) is 51.6 Å². The maximum absolute atomic E-state index is 3.84. The Kier molecular flexibility index (Phi) is 4.22. The molecule has 1 saturated carbocycles. The molecule has 0 heterocycles. The topological polar surface area (TPSA) is 12.0 Å². The quantitative estimate of drug-likeness (QED) is 0.775. The van der Waals surface area contributed by atoms with Crippen LogP contribution in [0.25, 0.3) is 0 Å². The lowest BCUT2D eigenvalue weighted by atomic mass is 9.96. The molecule has 1 fully saturated rings. The minimum absolute atomic E-state index is 0.517. The van der Waals surface area contributed by atoms with Gasteiger partial charge in [0.2, 0.25) is 0 Å². The van der Waals surface area contributed by atoms with Crippen molar-refractivity contribution in [3.05, 3.63) is 35.9 Å². The normalized spacial score (nSPS) is 24.9. The molecule has 0 spiro atoms. The number of hydrogen-bond acceptors (Lipinski definition) is 1. The standard InChI is InChI=1S/C16H25N/c1-4-8-14-11-15(14)17-16(12(2)3)13-9-6-5-7-10-13/h5-7,9-10,12,14-17H,4,8,11H2,1-3H3. The van der Waals surface area contributed by atoms with E-state index in [0.29, 0.717) is 12.0 Å². The summed E-state index contributed by atoms with van der Waals surface area (Å²) < 4.78 is 0. The summed E-state index contributed by atoms with van der Waals surface area (Å²) in [5.74, 6) is 1.59. The van der Waals surface area contributed by atoms with Gasteiger partial charge in [-0.15, -0.1) is 0 Å². The van der Waals surface area contributed by atoms with Crippen LogP contribution in [-0.2, 0) is 0 Å². The lowest BCUT2D eigenvalue weighted by Crippen LogP contribution is -2.28. The smallest absolute Gasteiger partial charge is 0.0345 e. The number of nitrogens with one attached hydrogen (secondary N) is 1. The molecule has 3 unspecified atom stereocenters. The molecule has 1 aliphatic rings. The van der Waals surface area contributed by atoms with E-state index < -0.39 is 0 Å². The second-order valence-corrected chi connectivity index (χ2v) is 5.69. The highest BCUT2D eigenvalue weighted by Crippen LogP contribution is 2.37. The third-order valence-corrected chi connectivity index (χ3v) is 3.80. The third-order valence-electron chi connectivity index (χ3n) is 3.80. The van der Waals surface area contributed by atoms with Crippen LogP contribution < -0.4 is 5.32 Å². The van der Waals surface area contributed by atoms with Gasteiger partial charge >= 0.3 is 0 Å². The molecule has 3 atom stereocenters. The van der Waals surface area contributed by atoms with Crippen molar-refractivity contribution >= 4 is 0 Å². The van der Waals surface area contributed by atoms with E-state index in [2.05, 4.69) is 56.4 Å². The van der Waals surface area contributed by atoms with E-state index in [-0.39, 0.29) is 0 Å². The fourth-order valence-electron chi connectivity index (χ4n) is 2.71. The van der Waals surface area contributed by atoms with Gasteiger partial charge in [0, 0.05) is 12.1 Å². The molecular formula is C16H25N. The monoisotopic (exact) mass is 231 g/mol. The second-order valence-electron chi connectivity index (χ2n) is 5.69. The minimum Gasteiger partial charge on any atom is -0.307 e. The minimum atomic E-state index is 0.517. The van der Waals surface area contributed by atoms with E-state index in [1.807, 2.05) is 0 Å². The van der Waals surface area contributed by atoms with Crippen LogP contribution in [-0.4, -0.2) is 6.04 Å². The first kappa shape index (κ1) is 12.6. The number of rotatable bonds is 6. The van der Waals surface area contributed by atoms with E-state index in [9.17, 15) is 0 Å². The average Bonchev–Trinajstić information content (AvgIpc) is 3.06. The van der Waals surface area contributed by atoms with Crippen LogP contribution in [0.3, 0.4) is 0 Å². The van der Waals surface area contributed by atoms with Crippen molar-refractivity contribution in [1.29, 1.82) is 0 Å². The molecule has 17 heavy (non-hydrogen) atoms. The molecule has 2 rings (SSSR count). The van der Waals surface area contributed by atoms with Gasteiger partial charge in [-0.3, -0.25) is 0 Å². The third kappa shape index (κ3) is 3.32. The lowest BCUT2D eigenvalue weighted by Gasteiger charge is -2.23. The molecule has 0 amide bonds. The van der Waals surface area contributed by atoms with Gasteiger partial charge in [0.15, 0.2) is 0 Å². The van der Waals surface area contributed by atoms with Crippen molar-refractivity contribution < 1.29 is 0 Å². The lowest BCUT2D eigenvalue weighted by molar-refractivity contribution is 0.398. The van der Waals surface area contributed by atoms with Crippen molar-refractivity contribution in [1.82, 2.24) is 5.32 Å². The van der Waals surface area contributed by atoms with Gasteiger partial charge in [0.05, 0.1) is 0 Å². The first-order chi connectivity index (χ1) is 8.22. The van der Waals surface area contributed by atoms with Crippen molar-refractivity contribution in [2.75, 3.05) is 0 Å². The Labute approximate surface area is 106 Å². The van der Waals surface area contributed by atoms with E-state index in [1.54, 1.807) is 0 Å². The SMILES string of the molecule is CCCC1CC1NC(c1ccccc1)C(C)C. The van der Waals surface area contributed by atoms with Crippen LogP contribution >= 0.6 is 0 Å². The molecule has 0 aliphatic heterocycles. The van der Waals surface area contributed by atoms with Crippen molar-refractivity contribution in [3.63, 3.8) is 0 Å². The van der Waals surface area contributed by atoms with Gasteiger partial charge in [0.1, 0.15) is 0 Å². The largest absolute Gasteiger partial charge is 0.307 e. The van der Waals surface area contributed by atoms with Crippen LogP contribution in [0, 0.1) is 11.8 Å². The predicted molar refractivity (Wildman–Crippen MR) is 74.0 cm³/mol. The number of benzene rings is 1. The van der Waals surface area contributed by atoms with E-state index in [0.717, 1.165) is 12.0 Å². The van der Waals surface area contributed by atoms with Crippen molar-refractivity contribution in [3.8, 4) is 0 Å². The highest BCUT2D eigenvalue weighted by molar-refractivity contribution is 5.20. The first-order valence-corrected chi connectivity index (χ1v) is 7.03. The summed E-state index contributed by atoms with van der Waals surface area (Å²) in [5, 5.41) is 3.84. The summed E-state index contributed by atoms with van der Waals surface area (Å²) in [4.78, 5) is 0. The molecule has 1 aliphatic carbocycles. The Bertz CT molecular complexity index is 331. The summed E-state index contributed by atoms with van der Waals surface area (Å²) in [7, 11) is 0. The highest BCUT2D eigenvalue weighted by atomic mass is 15.0. The Hall–Kier alpha value is -0.820. The second kappa shape index (κ2) is 5.68. The molecule has 1 aromatic rings. The average molecular weight is 231 g/mol. The summed E-state index contributed by atoms with van der Waals surface area (Å²) in [6.45, 7) is 6.90. The van der Waals surface area contributed by atoms with Crippen molar-refractivity contribution in [2.45, 2.75) is 52.1 Å². The van der Waals surface area contributed by atoms with E-state index in [1.165, 1.54) is 24.8 Å². The Morgan fingerprint density at radius 3 is 2.53 bits per heavy atom. The first-order valence-electron chi connectivity index (χ1n) is 7.03. The molecule has 1 heteroatoms. The fourth-order valence-corrected chi connectivity index (χ4v) is 2.71. The molecule has 1 nitrogen and oxygen atoms in total. The maximum Gasteiger partial charge on any atom is 0.0345 e. The molecular weight excluding hydrogens is 206 g/mol. The van der Waals surface area contributed by atoms with Crippen molar-refractivity contribution in [2.24, 2.45) is 11.8 Å². The zero-order chi connectivity index (χ0) is 12.3. The molecule has 1 N–H and O–H groups in total. The van der Waals surface area contributed by atoms with Gasteiger partial charge < -0.3 is 5.32 Å². The van der Waals surface area contributed by atoms with Crippen LogP contribution in [0.5, 0.6) is 0 Å². The Morgan fingerprint density at radius 1 is 1.24 bits per heavy atom. The zero-order valence-electron chi connectivity index (χ0n) is 11.3. The Balaban J connectivity index is 1.95. The predicted octanol–water partition coefficient (Wildman–Crippen LogP) is 4.16. The summed E-state index contributed by atoms with van der Waals surface area (Å²) in [6, 6.07) is 12.2.